The van der Waals surface area contributed by atoms with Gasteiger partial charge in [-0.15, -0.1) is 0 Å². The van der Waals surface area contributed by atoms with Crippen LogP contribution in [0.1, 0.15) is 12.5 Å². The van der Waals surface area contributed by atoms with Gasteiger partial charge in [-0.3, -0.25) is 0 Å². The number of rotatable bonds is 4. The minimum absolute atomic E-state index is 0.229. The molecule has 0 aliphatic heterocycles. The molecule has 19 heavy (non-hydrogen) atoms. The first-order chi connectivity index (χ1) is 8.81. The van der Waals surface area contributed by atoms with Crippen LogP contribution < -0.4 is 10.6 Å². The number of aliphatic carboxylic acids is 1. The van der Waals surface area contributed by atoms with Crippen molar-refractivity contribution in [3.05, 3.63) is 29.6 Å². The molecule has 0 saturated carbocycles. The summed E-state index contributed by atoms with van der Waals surface area (Å²) in [6, 6.07) is 1.58. The van der Waals surface area contributed by atoms with Crippen molar-refractivity contribution < 1.29 is 24.2 Å². The predicted octanol–water partition coefficient (Wildman–Crippen LogP) is 1.09. The van der Waals surface area contributed by atoms with Gasteiger partial charge in [-0.1, -0.05) is 6.07 Å². The van der Waals surface area contributed by atoms with Crippen molar-refractivity contribution in [3.8, 4) is 0 Å². The zero-order chi connectivity index (χ0) is 14.6. The van der Waals surface area contributed by atoms with E-state index in [0.29, 0.717) is 5.56 Å². The number of nitrogens with one attached hydrogen (secondary N) is 2. The zero-order valence-corrected chi connectivity index (χ0v) is 10.5. The molecular weight excluding hydrogens is 255 g/mol. The van der Waals surface area contributed by atoms with Crippen LogP contribution >= 0.6 is 0 Å². The van der Waals surface area contributed by atoms with Crippen LogP contribution in [0.15, 0.2) is 18.2 Å². The first-order valence-electron chi connectivity index (χ1n) is 5.56. The first kappa shape index (κ1) is 14.9. The number of urea groups is 1. The summed E-state index contributed by atoms with van der Waals surface area (Å²) in [4.78, 5) is 22.4. The molecule has 0 spiro atoms. The van der Waals surface area contributed by atoms with E-state index in [-0.39, 0.29) is 5.69 Å². The van der Waals surface area contributed by atoms with Gasteiger partial charge in [0.1, 0.15) is 5.82 Å². The average Bonchev–Trinajstić information content (AvgIpc) is 2.30. The highest BCUT2D eigenvalue weighted by atomic mass is 19.1. The smallest absolute Gasteiger partial charge is 0.328 e. The van der Waals surface area contributed by atoms with Gasteiger partial charge in [0.05, 0.1) is 6.10 Å². The molecular formula is C12H15FN2O4. The number of carboxylic acid groups (broad SMARTS) is 1. The van der Waals surface area contributed by atoms with E-state index >= 15 is 0 Å². The van der Waals surface area contributed by atoms with Crippen molar-refractivity contribution in [2.24, 2.45) is 0 Å². The topological polar surface area (TPSA) is 98.7 Å². The molecule has 2 atom stereocenters. The first-order valence-corrected chi connectivity index (χ1v) is 5.56. The molecule has 1 aromatic rings. The third kappa shape index (κ3) is 4.22. The summed E-state index contributed by atoms with van der Waals surface area (Å²) < 4.78 is 13.0. The Morgan fingerprint density at radius 1 is 1.37 bits per heavy atom. The van der Waals surface area contributed by atoms with Gasteiger partial charge in [-0.05, 0) is 31.5 Å². The fourth-order valence-electron chi connectivity index (χ4n) is 1.42. The van der Waals surface area contributed by atoms with Gasteiger partial charge >= 0.3 is 12.0 Å². The maximum atomic E-state index is 13.0. The average molecular weight is 270 g/mol. The number of carboxylic acids is 1. The van der Waals surface area contributed by atoms with Crippen LogP contribution in [0, 0.1) is 12.7 Å². The highest BCUT2D eigenvalue weighted by Crippen LogP contribution is 2.15. The highest BCUT2D eigenvalue weighted by Gasteiger charge is 2.25. The highest BCUT2D eigenvalue weighted by molar-refractivity contribution is 5.93. The number of carbonyl (C=O) groups is 2. The fraction of sp³-hybridized carbons (Fsp3) is 0.333. The number of halogens is 1. The quantitative estimate of drug-likeness (QED) is 0.658. The standard InChI is InChI=1S/C12H15FN2O4/c1-6-3-4-8(13)5-9(6)14-12(19)15-10(7(2)16)11(17)18/h3-5,7,10,16H,1-2H3,(H,17,18)(H2,14,15,19). The van der Waals surface area contributed by atoms with Crippen LogP contribution in [-0.4, -0.2) is 34.4 Å². The summed E-state index contributed by atoms with van der Waals surface area (Å²) in [5.41, 5.74) is 0.854. The molecule has 0 heterocycles. The van der Waals surface area contributed by atoms with Crippen molar-refractivity contribution >= 4 is 17.7 Å². The van der Waals surface area contributed by atoms with Gasteiger partial charge in [0.15, 0.2) is 6.04 Å². The number of hydrogen-bond acceptors (Lipinski definition) is 3. The third-order valence-corrected chi connectivity index (χ3v) is 2.48. The van der Waals surface area contributed by atoms with Crippen LogP contribution in [-0.2, 0) is 4.79 Å². The van der Waals surface area contributed by atoms with Gasteiger partial charge in [0.25, 0.3) is 0 Å². The number of aliphatic hydroxyl groups is 1. The molecule has 0 saturated heterocycles. The van der Waals surface area contributed by atoms with E-state index in [0.717, 1.165) is 6.07 Å². The lowest BCUT2D eigenvalue weighted by Gasteiger charge is -2.18. The predicted molar refractivity (Wildman–Crippen MR) is 66.4 cm³/mol. The maximum Gasteiger partial charge on any atom is 0.328 e. The molecule has 1 rings (SSSR count). The van der Waals surface area contributed by atoms with Crippen LogP contribution in [0.25, 0.3) is 0 Å². The van der Waals surface area contributed by atoms with Crippen LogP contribution in [0.5, 0.6) is 0 Å². The Morgan fingerprint density at radius 2 is 2.00 bits per heavy atom. The summed E-state index contributed by atoms with van der Waals surface area (Å²) >= 11 is 0. The zero-order valence-electron chi connectivity index (χ0n) is 10.5. The Kier molecular flexibility index (Phi) is 4.82. The molecule has 4 N–H and O–H groups in total. The lowest BCUT2D eigenvalue weighted by atomic mass is 10.2. The minimum atomic E-state index is -1.44. The number of carbonyl (C=O) groups excluding carboxylic acids is 1. The van der Waals surface area contributed by atoms with E-state index in [1.807, 2.05) is 0 Å². The number of anilines is 1. The summed E-state index contributed by atoms with van der Waals surface area (Å²) in [6.45, 7) is 2.91. The number of aliphatic hydroxyl groups excluding tert-OH is 1. The molecule has 0 fully saturated rings. The van der Waals surface area contributed by atoms with E-state index < -0.39 is 30.0 Å². The second-order valence-electron chi connectivity index (χ2n) is 4.11. The van der Waals surface area contributed by atoms with Crippen molar-refractivity contribution in [1.82, 2.24) is 5.32 Å². The van der Waals surface area contributed by atoms with Crippen LogP contribution in [0.4, 0.5) is 14.9 Å². The Hall–Kier alpha value is -2.15. The molecule has 7 heteroatoms. The van der Waals surface area contributed by atoms with E-state index in [1.54, 1.807) is 6.92 Å². The number of benzene rings is 1. The van der Waals surface area contributed by atoms with Gasteiger partial charge in [-0.2, -0.15) is 0 Å². The monoisotopic (exact) mass is 270 g/mol. The molecule has 0 aliphatic carbocycles. The number of amides is 2. The van der Waals surface area contributed by atoms with Crippen molar-refractivity contribution in [3.63, 3.8) is 0 Å². The van der Waals surface area contributed by atoms with E-state index in [9.17, 15) is 19.1 Å². The second kappa shape index (κ2) is 6.14. The molecule has 2 amide bonds. The van der Waals surface area contributed by atoms with Crippen LogP contribution in [0.3, 0.4) is 0 Å². The Balaban J connectivity index is 2.74. The van der Waals surface area contributed by atoms with Crippen molar-refractivity contribution in [2.45, 2.75) is 26.0 Å². The third-order valence-electron chi connectivity index (χ3n) is 2.48. The molecule has 0 aromatic heterocycles. The minimum Gasteiger partial charge on any atom is -0.480 e. The summed E-state index contributed by atoms with van der Waals surface area (Å²) in [5, 5.41) is 22.4. The largest absolute Gasteiger partial charge is 0.480 e. The number of aryl methyl sites for hydroxylation is 1. The SMILES string of the molecule is Cc1ccc(F)cc1NC(=O)NC(C(=O)O)C(C)O. The lowest BCUT2D eigenvalue weighted by Crippen LogP contribution is -2.49. The number of hydrogen-bond donors (Lipinski definition) is 4. The maximum absolute atomic E-state index is 13.0. The van der Waals surface area contributed by atoms with Crippen LogP contribution in [0.2, 0.25) is 0 Å². The van der Waals surface area contributed by atoms with E-state index in [2.05, 4.69) is 10.6 Å². The molecule has 0 radical (unpaired) electrons. The molecule has 104 valence electrons. The van der Waals surface area contributed by atoms with E-state index in [4.69, 9.17) is 5.11 Å². The summed E-state index contributed by atoms with van der Waals surface area (Å²) in [5.74, 6) is -1.88. The Bertz CT molecular complexity index is 491. The van der Waals surface area contributed by atoms with Gasteiger partial charge in [0, 0.05) is 5.69 Å². The van der Waals surface area contributed by atoms with Gasteiger partial charge < -0.3 is 20.8 Å². The van der Waals surface area contributed by atoms with E-state index in [1.165, 1.54) is 19.1 Å². The summed E-state index contributed by atoms with van der Waals surface area (Å²) in [7, 11) is 0. The Morgan fingerprint density at radius 3 is 2.53 bits per heavy atom. The van der Waals surface area contributed by atoms with Crippen molar-refractivity contribution in [1.29, 1.82) is 0 Å². The molecule has 1 aromatic carbocycles. The fourth-order valence-corrected chi connectivity index (χ4v) is 1.42. The molecule has 0 aliphatic rings. The normalized spacial score (nSPS) is 13.5. The Labute approximate surface area is 109 Å². The molecule has 0 bridgehead atoms. The molecule has 2 unspecified atom stereocenters. The second-order valence-corrected chi connectivity index (χ2v) is 4.11. The molecule has 6 nitrogen and oxygen atoms in total. The lowest BCUT2D eigenvalue weighted by molar-refractivity contribution is -0.141. The van der Waals surface area contributed by atoms with Gasteiger partial charge in [0.2, 0.25) is 0 Å². The summed E-state index contributed by atoms with van der Waals surface area (Å²) in [6.07, 6.45) is -1.25. The van der Waals surface area contributed by atoms with Gasteiger partial charge in [-0.25, -0.2) is 14.0 Å². The van der Waals surface area contributed by atoms with Crippen molar-refractivity contribution in [2.75, 3.05) is 5.32 Å².